The molecule has 0 bridgehead atoms. The lowest BCUT2D eigenvalue weighted by Crippen LogP contribution is -2.50. The van der Waals surface area contributed by atoms with Crippen molar-refractivity contribution in [1.82, 2.24) is 4.90 Å². The fourth-order valence-electron chi connectivity index (χ4n) is 2.41. The summed E-state index contributed by atoms with van der Waals surface area (Å²) in [5.41, 5.74) is 7.28. The van der Waals surface area contributed by atoms with Gasteiger partial charge in [-0.05, 0) is 5.56 Å². The quantitative estimate of drug-likeness (QED) is 0.892. The topological polar surface area (TPSA) is 63.4 Å². The number of hydrogen-bond donors (Lipinski definition) is 1. The molecule has 20 heavy (non-hydrogen) atoms. The molecular weight excluding hydrogens is 292 g/mol. The number of benzene rings is 1. The summed E-state index contributed by atoms with van der Waals surface area (Å²) in [6.07, 6.45) is 0. The highest BCUT2D eigenvalue weighted by atomic mass is 32.2. The van der Waals surface area contributed by atoms with Gasteiger partial charge in [-0.25, -0.2) is 8.42 Å². The van der Waals surface area contributed by atoms with Crippen LogP contribution in [0.25, 0.3) is 0 Å². The van der Waals surface area contributed by atoms with Gasteiger partial charge < -0.3 is 5.73 Å². The van der Waals surface area contributed by atoms with Crippen LogP contribution in [0.2, 0.25) is 0 Å². The van der Waals surface area contributed by atoms with Gasteiger partial charge in [-0.2, -0.15) is 11.8 Å². The van der Waals surface area contributed by atoms with Crippen LogP contribution in [0.5, 0.6) is 0 Å². The van der Waals surface area contributed by atoms with Gasteiger partial charge in [-0.15, -0.1) is 0 Å². The maximum Gasteiger partial charge on any atom is 0.166 e. The number of hydrogen-bond acceptors (Lipinski definition) is 5. The maximum atomic E-state index is 12.2. The van der Waals surface area contributed by atoms with E-state index in [1.54, 1.807) is 18.7 Å². The summed E-state index contributed by atoms with van der Waals surface area (Å²) in [6, 6.07) is 9.72. The predicted octanol–water partition coefficient (Wildman–Crippen LogP) is 1.50. The summed E-state index contributed by atoms with van der Waals surface area (Å²) < 4.78 is 24.4. The van der Waals surface area contributed by atoms with Crippen LogP contribution in [0.4, 0.5) is 0 Å². The van der Waals surface area contributed by atoms with Gasteiger partial charge >= 0.3 is 0 Å². The Morgan fingerprint density at radius 1 is 1.40 bits per heavy atom. The smallest absolute Gasteiger partial charge is 0.166 e. The molecule has 0 spiro atoms. The van der Waals surface area contributed by atoms with Gasteiger partial charge in [-0.3, -0.25) is 4.90 Å². The normalized spacial score (nSPS) is 22.6. The standard InChI is InChI=1S/C14H22N2O2S2/c1-2-20(17,18)14-11-19-9-8-16(14)10-13(15)12-6-4-3-5-7-12/h3-7,13-14H,2,8-11,15H2,1H3. The van der Waals surface area contributed by atoms with Gasteiger partial charge in [0, 0.05) is 36.4 Å². The molecule has 0 aliphatic carbocycles. The molecule has 1 fully saturated rings. The Kier molecular flexibility index (Phi) is 5.49. The van der Waals surface area contributed by atoms with E-state index in [0.717, 1.165) is 17.9 Å². The van der Waals surface area contributed by atoms with Crippen LogP contribution in [-0.4, -0.2) is 49.0 Å². The largest absolute Gasteiger partial charge is 0.323 e. The van der Waals surface area contributed by atoms with Crippen molar-refractivity contribution in [3.05, 3.63) is 35.9 Å². The molecular formula is C14H22N2O2S2. The van der Waals surface area contributed by atoms with E-state index in [2.05, 4.69) is 0 Å². The van der Waals surface area contributed by atoms with Crippen molar-refractivity contribution in [1.29, 1.82) is 0 Å². The van der Waals surface area contributed by atoms with E-state index in [1.165, 1.54) is 0 Å². The van der Waals surface area contributed by atoms with E-state index in [-0.39, 0.29) is 17.2 Å². The Hall–Kier alpha value is -0.560. The Bertz CT molecular complexity index is 519. The third-order valence-electron chi connectivity index (χ3n) is 3.67. The minimum atomic E-state index is -3.05. The van der Waals surface area contributed by atoms with Crippen molar-refractivity contribution in [3.8, 4) is 0 Å². The van der Waals surface area contributed by atoms with Gasteiger partial charge in [-0.1, -0.05) is 37.3 Å². The second-order valence-electron chi connectivity index (χ2n) is 4.99. The average Bonchev–Trinajstić information content (AvgIpc) is 2.48. The minimum absolute atomic E-state index is 0.145. The Morgan fingerprint density at radius 2 is 2.10 bits per heavy atom. The lowest BCUT2D eigenvalue weighted by Gasteiger charge is -2.36. The Morgan fingerprint density at radius 3 is 2.75 bits per heavy atom. The van der Waals surface area contributed by atoms with E-state index < -0.39 is 9.84 Å². The molecule has 0 aromatic heterocycles. The fraction of sp³-hybridized carbons (Fsp3) is 0.571. The summed E-state index contributed by atoms with van der Waals surface area (Å²) in [7, 11) is -3.05. The molecule has 1 saturated heterocycles. The fourth-order valence-corrected chi connectivity index (χ4v) is 5.50. The molecule has 1 heterocycles. The van der Waals surface area contributed by atoms with Gasteiger partial charge in [0.1, 0.15) is 5.37 Å². The molecule has 2 N–H and O–H groups in total. The highest BCUT2D eigenvalue weighted by molar-refractivity contribution is 8.01. The summed E-state index contributed by atoms with van der Waals surface area (Å²) in [6.45, 7) is 3.09. The first kappa shape index (κ1) is 15.8. The maximum absolute atomic E-state index is 12.2. The van der Waals surface area contributed by atoms with Crippen molar-refractivity contribution in [2.24, 2.45) is 5.73 Å². The number of nitrogens with zero attached hydrogens (tertiary/aromatic N) is 1. The van der Waals surface area contributed by atoms with Gasteiger partial charge in [0.25, 0.3) is 0 Å². The van der Waals surface area contributed by atoms with Crippen LogP contribution in [-0.2, 0) is 9.84 Å². The van der Waals surface area contributed by atoms with E-state index in [9.17, 15) is 8.42 Å². The van der Waals surface area contributed by atoms with Gasteiger partial charge in [0.05, 0.1) is 0 Å². The van der Waals surface area contributed by atoms with Crippen molar-refractivity contribution in [2.75, 3.05) is 30.3 Å². The highest BCUT2D eigenvalue weighted by Gasteiger charge is 2.33. The van der Waals surface area contributed by atoms with Crippen LogP contribution >= 0.6 is 11.8 Å². The Balaban J connectivity index is 2.10. The number of sulfone groups is 1. The first-order chi connectivity index (χ1) is 9.54. The summed E-state index contributed by atoms with van der Waals surface area (Å²) in [5, 5.41) is -0.388. The molecule has 1 aliphatic rings. The first-order valence-electron chi connectivity index (χ1n) is 6.88. The molecule has 112 valence electrons. The zero-order valence-corrected chi connectivity index (χ0v) is 13.4. The number of rotatable bonds is 5. The third kappa shape index (κ3) is 3.75. The van der Waals surface area contributed by atoms with Gasteiger partial charge in [0.2, 0.25) is 0 Å². The molecule has 6 heteroatoms. The van der Waals surface area contributed by atoms with E-state index >= 15 is 0 Å². The number of nitrogens with two attached hydrogens (primary N) is 1. The minimum Gasteiger partial charge on any atom is -0.323 e. The van der Waals surface area contributed by atoms with Crippen LogP contribution in [0.15, 0.2) is 30.3 Å². The van der Waals surface area contributed by atoms with Crippen molar-refractivity contribution in [2.45, 2.75) is 18.3 Å². The Labute approximate surface area is 125 Å². The zero-order chi connectivity index (χ0) is 14.6. The molecule has 0 saturated carbocycles. The predicted molar refractivity (Wildman–Crippen MR) is 85.5 cm³/mol. The zero-order valence-electron chi connectivity index (χ0n) is 11.7. The summed E-state index contributed by atoms with van der Waals surface area (Å²) in [4.78, 5) is 2.03. The van der Waals surface area contributed by atoms with Crippen molar-refractivity contribution < 1.29 is 8.42 Å². The van der Waals surface area contributed by atoms with Gasteiger partial charge in [0.15, 0.2) is 9.84 Å². The van der Waals surface area contributed by atoms with Crippen LogP contribution in [0.3, 0.4) is 0 Å². The molecule has 0 amide bonds. The molecule has 0 radical (unpaired) electrons. The summed E-state index contributed by atoms with van der Waals surface area (Å²) >= 11 is 1.71. The second-order valence-corrected chi connectivity index (χ2v) is 8.59. The van der Waals surface area contributed by atoms with E-state index in [1.807, 2.05) is 35.2 Å². The number of thioether (sulfide) groups is 1. The average molecular weight is 314 g/mol. The van der Waals surface area contributed by atoms with E-state index in [4.69, 9.17) is 5.73 Å². The molecule has 2 rings (SSSR count). The molecule has 4 nitrogen and oxygen atoms in total. The van der Waals surface area contributed by atoms with Crippen LogP contribution in [0, 0.1) is 0 Å². The molecule has 1 aromatic carbocycles. The molecule has 1 aliphatic heterocycles. The highest BCUT2D eigenvalue weighted by Crippen LogP contribution is 2.23. The van der Waals surface area contributed by atoms with Crippen molar-refractivity contribution >= 4 is 21.6 Å². The lowest BCUT2D eigenvalue weighted by molar-refractivity contribution is 0.254. The van der Waals surface area contributed by atoms with Crippen LogP contribution < -0.4 is 5.73 Å². The second kappa shape index (κ2) is 6.93. The monoisotopic (exact) mass is 314 g/mol. The van der Waals surface area contributed by atoms with Crippen molar-refractivity contribution in [3.63, 3.8) is 0 Å². The first-order valence-corrected chi connectivity index (χ1v) is 9.75. The SMILES string of the molecule is CCS(=O)(=O)C1CSCCN1CC(N)c1ccccc1. The third-order valence-corrected chi connectivity index (χ3v) is 7.00. The lowest BCUT2D eigenvalue weighted by atomic mass is 10.1. The molecule has 2 unspecified atom stereocenters. The van der Waals surface area contributed by atoms with Crippen LogP contribution in [0.1, 0.15) is 18.5 Å². The molecule has 1 aromatic rings. The molecule has 2 atom stereocenters. The summed E-state index contributed by atoms with van der Waals surface area (Å²) in [5.74, 6) is 1.81. The van der Waals surface area contributed by atoms with E-state index in [0.29, 0.717) is 12.3 Å².